The zero-order valence-corrected chi connectivity index (χ0v) is 6.76. The molecule has 1 heterocycles. The van der Waals surface area contributed by atoms with Crippen LogP contribution in [0.2, 0.25) is 0 Å². The van der Waals surface area contributed by atoms with E-state index >= 15 is 0 Å². The van der Waals surface area contributed by atoms with Crippen molar-refractivity contribution in [1.82, 2.24) is 15.0 Å². The van der Waals surface area contributed by atoms with E-state index in [1.165, 1.54) is 5.69 Å². The van der Waals surface area contributed by atoms with Crippen molar-refractivity contribution in [2.24, 2.45) is 7.05 Å². The molecule has 3 heteroatoms. The minimum Gasteiger partial charge on any atom is -0.252 e. The Labute approximate surface area is 61.1 Å². The molecule has 0 N–H and O–H groups in total. The van der Waals surface area contributed by atoms with E-state index in [0.29, 0.717) is 0 Å². The summed E-state index contributed by atoms with van der Waals surface area (Å²) in [6, 6.07) is 0. The predicted molar refractivity (Wildman–Crippen MR) is 39.7 cm³/mol. The lowest BCUT2D eigenvalue weighted by molar-refractivity contribution is 0.696. The molecule has 0 fully saturated rings. The van der Waals surface area contributed by atoms with Crippen molar-refractivity contribution in [1.29, 1.82) is 0 Å². The molecule has 1 rings (SSSR count). The normalized spacial score (nSPS) is 10.3. The van der Waals surface area contributed by atoms with Gasteiger partial charge in [0.15, 0.2) is 0 Å². The van der Waals surface area contributed by atoms with E-state index in [1.807, 2.05) is 18.7 Å². The molecular weight excluding hydrogens is 126 g/mol. The highest BCUT2D eigenvalue weighted by Crippen LogP contribution is 2.03. The molecule has 1 aromatic rings. The summed E-state index contributed by atoms with van der Waals surface area (Å²) in [4.78, 5) is 0. The number of aryl methyl sites for hydroxylation is 2. The van der Waals surface area contributed by atoms with Crippen molar-refractivity contribution in [3.05, 3.63) is 11.4 Å². The maximum atomic E-state index is 4.02. The molecule has 0 saturated carbocycles. The molecule has 3 nitrogen and oxygen atoms in total. The Morgan fingerprint density at radius 3 is 2.60 bits per heavy atom. The molecule has 0 aliphatic heterocycles. The largest absolute Gasteiger partial charge is 0.252 e. The van der Waals surface area contributed by atoms with Crippen molar-refractivity contribution in [3.63, 3.8) is 0 Å². The monoisotopic (exact) mass is 139 g/mol. The van der Waals surface area contributed by atoms with Gasteiger partial charge in [-0.15, -0.1) is 5.10 Å². The van der Waals surface area contributed by atoms with Crippen molar-refractivity contribution >= 4 is 0 Å². The molecule has 0 radical (unpaired) electrons. The fourth-order valence-electron chi connectivity index (χ4n) is 0.915. The van der Waals surface area contributed by atoms with Crippen LogP contribution in [0.5, 0.6) is 0 Å². The van der Waals surface area contributed by atoms with Crippen LogP contribution in [0, 0.1) is 6.92 Å². The van der Waals surface area contributed by atoms with Gasteiger partial charge in [0.2, 0.25) is 0 Å². The number of nitrogens with zero attached hydrogens (tertiary/aromatic N) is 3. The van der Waals surface area contributed by atoms with Crippen LogP contribution < -0.4 is 0 Å². The number of hydrogen-bond acceptors (Lipinski definition) is 2. The maximum absolute atomic E-state index is 4.02. The third kappa shape index (κ3) is 1.17. The van der Waals surface area contributed by atoms with E-state index in [1.54, 1.807) is 0 Å². The minimum atomic E-state index is 1.04. The van der Waals surface area contributed by atoms with E-state index in [9.17, 15) is 0 Å². The van der Waals surface area contributed by atoms with Crippen molar-refractivity contribution in [2.45, 2.75) is 26.7 Å². The van der Waals surface area contributed by atoms with E-state index in [-0.39, 0.29) is 0 Å². The van der Waals surface area contributed by atoms with Gasteiger partial charge in [0.1, 0.15) is 0 Å². The Hall–Kier alpha value is -0.860. The predicted octanol–water partition coefficient (Wildman–Crippen LogP) is 1.08. The molecule has 0 unspecified atom stereocenters. The van der Waals surface area contributed by atoms with E-state index in [4.69, 9.17) is 0 Å². The summed E-state index contributed by atoms with van der Waals surface area (Å²) in [7, 11) is 1.92. The first kappa shape index (κ1) is 7.25. The second-order valence-corrected chi connectivity index (χ2v) is 2.50. The van der Waals surface area contributed by atoms with Crippen molar-refractivity contribution in [2.75, 3.05) is 0 Å². The Kier molecular flexibility index (Phi) is 2.04. The average Bonchev–Trinajstić information content (AvgIpc) is 2.20. The van der Waals surface area contributed by atoms with Gasteiger partial charge >= 0.3 is 0 Å². The highest BCUT2D eigenvalue weighted by molar-refractivity contribution is 5.06. The van der Waals surface area contributed by atoms with Crippen LogP contribution in [0.1, 0.15) is 24.7 Å². The summed E-state index contributed by atoms with van der Waals surface area (Å²) in [6.45, 7) is 4.19. The smallest absolute Gasteiger partial charge is 0.0856 e. The Morgan fingerprint density at radius 2 is 2.20 bits per heavy atom. The first-order valence-electron chi connectivity index (χ1n) is 3.61. The Bertz CT molecular complexity index is 215. The molecule has 0 aliphatic carbocycles. The standard InChI is InChI=1S/C7H13N3/c1-4-5-7-6(2)10(3)9-8-7/h4-5H2,1-3H3. The van der Waals surface area contributed by atoms with E-state index in [0.717, 1.165) is 18.5 Å². The fourth-order valence-corrected chi connectivity index (χ4v) is 0.915. The summed E-state index contributed by atoms with van der Waals surface area (Å²) in [5.74, 6) is 0. The van der Waals surface area contributed by atoms with Crippen LogP contribution in [0.4, 0.5) is 0 Å². The lowest BCUT2D eigenvalue weighted by Gasteiger charge is -1.93. The van der Waals surface area contributed by atoms with Crippen LogP contribution in [0.25, 0.3) is 0 Å². The van der Waals surface area contributed by atoms with Crippen LogP contribution in [-0.4, -0.2) is 15.0 Å². The van der Waals surface area contributed by atoms with Gasteiger partial charge in [0.25, 0.3) is 0 Å². The molecule has 0 bridgehead atoms. The second-order valence-electron chi connectivity index (χ2n) is 2.50. The fraction of sp³-hybridized carbons (Fsp3) is 0.714. The number of hydrogen-bond donors (Lipinski definition) is 0. The van der Waals surface area contributed by atoms with Gasteiger partial charge in [-0.25, -0.2) is 0 Å². The zero-order chi connectivity index (χ0) is 7.56. The third-order valence-corrected chi connectivity index (χ3v) is 1.69. The topological polar surface area (TPSA) is 30.7 Å². The van der Waals surface area contributed by atoms with Crippen LogP contribution >= 0.6 is 0 Å². The van der Waals surface area contributed by atoms with Crippen LogP contribution in [-0.2, 0) is 13.5 Å². The highest BCUT2D eigenvalue weighted by atomic mass is 15.4. The molecule has 0 aliphatic rings. The average molecular weight is 139 g/mol. The third-order valence-electron chi connectivity index (χ3n) is 1.69. The maximum Gasteiger partial charge on any atom is 0.0856 e. The molecule has 0 atom stereocenters. The SMILES string of the molecule is CCCc1nnn(C)c1C. The van der Waals surface area contributed by atoms with Gasteiger partial charge in [-0.2, -0.15) is 0 Å². The number of rotatable bonds is 2. The molecule has 56 valence electrons. The summed E-state index contributed by atoms with van der Waals surface area (Å²) < 4.78 is 1.81. The molecule has 0 amide bonds. The molecular formula is C7H13N3. The van der Waals surface area contributed by atoms with Gasteiger partial charge in [-0.05, 0) is 13.3 Å². The minimum absolute atomic E-state index is 1.04. The van der Waals surface area contributed by atoms with Gasteiger partial charge in [0.05, 0.1) is 11.4 Å². The van der Waals surface area contributed by atoms with E-state index < -0.39 is 0 Å². The first-order valence-corrected chi connectivity index (χ1v) is 3.61. The van der Waals surface area contributed by atoms with Gasteiger partial charge in [-0.3, -0.25) is 4.68 Å². The molecule has 1 aromatic heterocycles. The highest BCUT2D eigenvalue weighted by Gasteiger charge is 2.02. The lowest BCUT2D eigenvalue weighted by atomic mass is 10.2. The molecule has 10 heavy (non-hydrogen) atoms. The molecule has 0 spiro atoms. The Balaban J connectivity index is 2.83. The van der Waals surface area contributed by atoms with Crippen LogP contribution in [0.3, 0.4) is 0 Å². The first-order chi connectivity index (χ1) is 4.75. The summed E-state index contributed by atoms with van der Waals surface area (Å²) in [6.07, 6.45) is 2.18. The second kappa shape index (κ2) is 2.82. The Morgan fingerprint density at radius 1 is 1.50 bits per heavy atom. The number of aromatic nitrogens is 3. The van der Waals surface area contributed by atoms with Gasteiger partial charge in [-0.1, -0.05) is 18.6 Å². The quantitative estimate of drug-likeness (QED) is 0.613. The summed E-state index contributed by atoms with van der Waals surface area (Å²) in [5.41, 5.74) is 2.31. The van der Waals surface area contributed by atoms with Gasteiger partial charge in [0, 0.05) is 7.05 Å². The van der Waals surface area contributed by atoms with E-state index in [2.05, 4.69) is 17.2 Å². The summed E-state index contributed by atoms with van der Waals surface area (Å²) in [5, 5.41) is 7.92. The van der Waals surface area contributed by atoms with Gasteiger partial charge < -0.3 is 0 Å². The zero-order valence-electron chi connectivity index (χ0n) is 6.76. The molecule has 0 saturated heterocycles. The van der Waals surface area contributed by atoms with Crippen molar-refractivity contribution in [3.8, 4) is 0 Å². The summed E-state index contributed by atoms with van der Waals surface area (Å²) >= 11 is 0. The molecule has 0 aromatic carbocycles. The van der Waals surface area contributed by atoms with Crippen LogP contribution in [0.15, 0.2) is 0 Å². The van der Waals surface area contributed by atoms with Crippen molar-refractivity contribution < 1.29 is 0 Å². The lowest BCUT2D eigenvalue weighted by Crippen LogP contribution is -1.93.